The van der Waals surface area contributed by atoms with E-state index < -0.39 is 0 Å². The van der Waals surface area contributed by atoms with Gasteiger partial charge in [0.2, 0.25) is 5.91 Å². The molecule has 1 amide bonds. The zero-order valence-electron chi connectivity index (χ0n) is 13.9. The third-order valence-corrected chi connectivity index (χ3v) is 2.79. The average Bonchev–Trinajstić information content (AvgIpc) is 2.51. The molecule has 0 heterocycles. The first-order chi connectivity index (χ1) is 11.0. The van der Waals surface area contributed by atoms with E-state index in [4.69, 9.17) is 4.74 Å². The van der Waals surface area contributed by atoms with Crippen molar-refractivity contribution in [3.05, 3.63) is 30.1 Å². The number of nitrogens with zero attached hydrogens (tertiary/aromatic N) is 1. The maximum Gasteiger partial charge on any atom is 0.216 e. The molecule has 0 aromatic heterocycles. The summed E-state index contributed by atoms with van der Waals surface area (Å²) in [6, 6.07) is 5.90. The highest BCUT2D eigenvalue weighted by atomic mass is 19.1. The fraction of sp³-hybridized carbons (Fsp3) is 0.500. The van der Waals surface area contributed by atoms with Gasteiger partial charge < -0.3 is 20.7 Å². The van der Waals surface area contributed by atoms with E-state index in [1.165, 1.54) is 19.1 Å². The Bertz CT molecular complexity index is 505. The van der Waals surface area contributed by atoms with Crippen LogP contribution in [0, 0.1) is 5.82 Å². The van der Waals surface area contributed by atoms with Gasteiger partial charge >= 0.3 is 0 Å². The number of carbonyl (C=O) groups is 1. The lowest BCUT2D eigenvalue weighted by molar-refractivity contribution is -0.118. The number of aliphatic imine (C=N–C) groups is 1. The van der Waals surface area contributed by atoms with Crippen LogP contribution in [0.15, 0.2) is 29.3 Å². The third-order valence-electron chi connectivity index (χ3n) is 2.79. The summed E-state index contributed by atoms with van der Waals surface area (Å²) in [5, 5.41) is 8.95. The van der Waals surface area contributed by atoms with Crippen LogP contribution in [0.25, 0.3) is 0 Å². The van der Waals surface area contributed by atoms with E-state index in [0.29, 0.717) is 31.3 Å². The minimum Gasteiger partial charge on any atom is -0.489 e. The van der Waals surface area contributed by atoms with E-state index in [0.717, 1.165) is 6.54 Å². The Morgan fingerprint density at radius 3 is 2.48 bits per heavy atom. The Hall–Kier alpha value is -2.31. The van der Waals surface area contributed by atoms with Crippen molar-refractivity contribution in [2.75, 3.05) is 26.2 Å². The van der Waals surface area contributed by atoms with E-state index in [1.807, 2.05) is 13.8 Å². The predicted molar refractivity (Wildman–Crippen MR) is 89.2 cm³/mol. The highest BCUT2D eigenvalue weighted by molar-refractivity contribution is 5.79. The van der Waals surface area contributed by atoms with Crippen molar-refractivity contribution in [1.29, 1.82) is 0 Å². The van der Waals surface area contributed by atoms with Crippen LogP contribution >= 0.6 is 0 Å². The fourth-order valence-corrected chi connectivity index (χ4v) is 1.76. The van der Waals surface area contributed by atoms with Crippen LogP contribution in [0.1, 0.15) is 20.8 Å². The van der Waals surface area contributed by atoms with Crippen LogP contribution in [-0.4, -0.2) is 44.1 Å². The number of hydrogen-bond donors (Lipinski definition) is 3. The highest BCUT2D eigenvalue weighted by Gasteiger charge is 2.05. The molecule has 0 bridgehead atoms. The number of ether oxygens (including phenoxy) is 1. The van der Waals surface area contributed by atoms with Gasteiger partial charge in [0.05, 0.1) is 6.54 Å². The van der Waals surface area contributed by atoms with Crippen LogP contribution < -0.4 is 20.7 Å². The molecule has 0 saturated heterocycles. The van der Waals surface area contributed by atoms with Crippen molar-refractivity contribution in [2.45, 2.75) is 26.9 Å². The molecule has 23 heavy (non-hydrogen) atoms. The lowest BCUT2D eigenvalue weighted by Crippen LogP contribution is -2.41. The van der Waals surface area contributed by atoms with Crippen molar-refractivity contribution in [2.24, 2.45) is 4.99 Å². The topological polar surface area (TPSA) is 74.8 Å². The summed E-state index contributed by atoms with van der Waals surface area (Å²) in [4.78, 5) is 15.2. The van der Waals surface area contributed by atoms with Crippen LogP contribution in [0.4, 0.5) is 4.39 Å². The normalized spacial score (nSPS) is 12.4. The Morgan fingerprint density at radius 1 is 1.22 bits per heavy atom. The summed E-state index contributed by atoms with van der Waals surface area (Å²) >= 11 is 0. The van der Waals surface area contributed by atoms with Gasteiger partial charge in [-0.15, -0.1) is 0 Å². The van der Waals surface area contributed by atoms with Gasteiger partial charge in [-0.25, -0.2) is 9.38 Å². The summed E-state index contributed by atoms with van der Waals surface area (Å²) in [6.45, 7) is 7.65. The summed E-state index contributed by atoms with van der Waals surface area (Å²) in [7, 11) is 0. The molecule has 1 unspecified atom stereocenters. The van der Waals surface area contributed by atoms with Gasteiger partial charge in [0, 0.05) is 26.6 Å². The van der Waals surface area contributed by atoms with Crippen LogP contribution in [0.2, 0.25) is 0 Å². The van der Waals surface area contributed by atoms with Gasteiger partial charge in [-0.2, -0.15) is 0 Å². The van der Waals surface area contributed by atoms with Crippen molar-refractivity contribution in [1.82, 2.24) is 16.0 Å². The van der Waals surface area contributed by atoms with Crippen LogP contribution in [-0.2, 0) is 4.79 Å². The first-order valence-corrected chi connectivity index (χ1v) is 7.70. The number of hydrogen-bond acceptors (Lipinski definition) is 3. The minimum absolute atomic E-state index is 0.0601. The minimum atomic E-state index is -0.291. The molecule has 0 spiro atoms. The van der Waals surface area contributed by atoms with Gasteiger partial charge in [-0.05, 0) is 38.1 Å². The first-order valence-electron chi connectivity index (χ1n) is 7.70. The maximum atomic E-state index is 12.8. The molecule has 0 saturated carbocycles. The SMILES string of the molecule is CCNC(=NCC(C)Oc1ccc(F)cc1)NCCNC(C)=O. The van der Waals surface area contributed by atoms with Gasteiger partial charge in [0.25, 0.3) is 0 Å². The van der Waals surface area contributed by atoms with Crippen molar-refractivity contribution >= 4 is 11.9 Å². The average molecular weight is 324 g/mol. The molecule has 1 aromatic carbocycles. The van der Waals surface area contributed by atoms with Crippen molar-refractivity contribution in [3.8, 4) is 5.75 Å². The number of rotatable bonds is 8. The second kappa shape index (κ2) is 10.4. The molecule has 0 aliphatic rings. The molecular formula is C16H25FN4O2. The van der Waals surface area contributed by atoms with E-state index in [1.54, 1.807) is 12.1 Å². The number of amides is 1. The molecule has 1 rings (SSSR count). The fourth-order valence-electron chi connectivity index (χ4n) is 1.76. The van der Waals surface area contributed by atoms with Crippen molar-refractivity contribution < 1.29 is 13.9 Å². The van der Waals surface area contributed by atoms with E-state index in [9.17, 15) is 9.18 Å². The summed E-state index contributed by atoms with van der Waals surface area (Å²) in [5.74, 6) is 0.918. The number of guanidine groups is 1. The molecule has 128 valence electrons. The van der Waals surface area contributed by atoms with Gasteiger partial charge in [-0.3, -0.25) is 4.79 Å². The smallest absolute Gasteiger partial charge is 0.216 e. The van der Waals surface area contributed by atoms with Gasteiger partial charge in [-0.1, -0.05) is 0 Å². The van der Waals surface area contributed by atoms with Crippen molar-refractivity contribution in [3.63, 3.8) is 0 Å². The summed E-state index contributed by atoms with van der Waals surface area (Å²) in [6.07, 6.45) is -0.147. The molecule has 6 nitrogen and oxygen atoms in total. The second-order valence-corrected chi connectivity index (χ2v) is 5.01. The van der Waals surface area contributed by atoms with Gasteiger partial charge in [0.15, 0.2) is 5.96 Å². The monoisotopic (exact) mass is 324 g/mol. The van der Waals surface area contributed by atoms with Gasteiger partial charge in [0.1, 0.15) is 17.7 Å². The first kappa shape index (κ1) is 18.7. The molecule has 0 radical (unpaired) electrons. The molecule has 7 heteroatoms. The Labute approximate surface area is 136 Å². The lowest BCUT2D eigenvalue weighted by atomic mass is 10.3. The quantitative estimate of drug-likeness (QED) is 0.383. The summed E-state index contributed by atoms with van der Waals surface area (Å²) in [5.41, 5.74) is 0. The Balaban J connectivity index is 2.41. The Morgan fingerprint density at radius 2 is 1.87 bits per heavy atom. The maximum absolute atomic E-state index is 12.8. The molecular weight excluding hydrogens is 299 g/mol. The molecule has 0 fully saturated rings. The van der Waals surface area contributed by atoms with E-state index >= 15 is 0 Å². The number of halogens is 1. The second-order valence-electron chi connectivity index (χ2n) is 5.01. The van der Waals surface area contributed by atoms with E-state index in [-0.39, 0.29) is 17.8 Å². The lowest BCUT2D eigenvalue weighted by Gasteiger charge is -2.15. The summed E-state index contributed by atoms with van der Waals surface area (Å²) < 4.78 is 18.5. The molecule has 3 N–H and O–H groups in total. The largest absolute Gasteiger partial charge is 0.489 e. The highest BCUT2D eigenvalue weighted by Crippen LogP contribution is 2.12. The van der Waals surface area contributed by atoms with E-state index in [2.05, 4.69) is 20.9 Å². The number of nitrogens with one attached hydrogen (secondary N) is 3. The zero-order chi connectivity index (χ0) is 17.1. The van der Waals surface area contributed by atoms with Crippen LogP contribution in [0.3, 0.4) is 0 Å². The molecule has 1 atom stereocenters. The van der Waals surface area contributed by atoms with Crippen LogP contribution in [0.5, 0.6) is 5.75 Å². The zero-order valence-corrected chi connectivity index (χ0v) is 13.9. The molecule has 0 aliphatic carbocycles. The third kappa shape index (κ3) is 8.65. The standard InChI is InChI=1S/C16H25FN4O2/c1-4-18-16(20-10-9-19-13(3)22)21-11-12(2)23-15-7-5-14(17)6-8-15/h5-8,12H,4,9-11H2,1-3H3,(H,19,22)(H2,18,20,21). The number of benzene rings is 1. The predicted octanol–water partition coefficient (Wildman–Crippen LogP) is 1.28. The molecule has 0 aliphatic heterocycles. The Kier molecular flexibility index (Phi) is 8.49. The molecule has 1 aromatic rings. The number of carbonyl (C=O) groups excluding carboxylic acids is 1.